The second kappa shape index (κ2) is 8.43. The monoisotopic (exact) mass is 391 g/mol. The van der Waals surface area contributed by atoms with Crippen molar-refractivity contribution in [3.63, 3.8) is 0 Å². The number of amides is 2. The summed E-state index contributed by atoms with van der Waals surface area (Å²) in [6.45, 7) is 2.57. The van der Waals surface area contributed by atoms with Gasteiger partial charge < -0.3 is 15.1 Å². The van der Waals surface area contributed by atoms with Crippen LogP contribution in [0.4, 0.5) is 5.69 Å². The quantitative estimate of drug-likeness (QED) is 0.870. The molecule has 0 radical (unpaired) electrons. The van der Waals surface area contributed by atoms with Crippen LogP contribution in [0.25, 0.3) is 0 Å². The molecule has 1 heterocycles. The number of nitrogens with zero attached hydrogens (tertiary/aromatic N) is 2. The lowest BCUT2D eigenvalue weighted by atomic mass is 10.2. The number of hydrogen-bond donors (Lipinski definition) is 1. The van der Waals surface area contributed by atoms with Gasteiger partial charge >= 0.3 is 0 Å². The molecule has 5 nitrogen and oxygen atoms in total. The van der Waals surface area contributed by atoms with Crippen LogP contribution < -0.4 is 10.2 Å². The number of carbonyl (C=O) groups excluding carboxylic acids is 2. The number of hydrogen-bond acceptors (Lipinski definition) is 3. The maximum Gasteiger partial charge on any atom is 0.251 e. The number of halogens is 2. The summed E-state index contributed by atoms with van der Waals surface area (Å²) in [5, 5.41) is 3.85. The Hall–Kier alpha value is -2.24. The van der Waals surface area contributed by atoms with Crippen molar-refractivity contribution in [1.29, 1.82) is 0 Å². The lowest BCUT2D eigenvalue weighted by molar-refractivity contribution is -0.130. The molecule has 1 aliphatic rings. The second-order valence-electron chi connectivity index (χ2n) is 6.01. The van der Waals surface area contributed by atoms with E-state index in [1.807, 2.05) is 24.3 Å². The number of para-hydroxylation sites is 1. The molecule has 1 N–H and O–H groups in total. The summed E-state index contributed by atoms with van der Waals surface area (Å²) in [5.74, 6) is -0.408. The molecule has 136 valence electrons. The summed E-state index contributed by atoms with van der Waals surface area (Å²) in [6, 6.07) is 14.3. The first kappa shape index (κ1) is 18.5. The summed E-state index contributed by atoms with van der Waals surface area (Å²) < 4.78 is 0. The number of benzene rings is 2. The molecule has 0 aliphatic carbocycles. The van der Waals surface area contributed by atoms with E-state index in [-0.39, 0.29) is 18.4 Å². The van der Waals surface area contributed by atoms with Gasteiger partial charge in [-0.15, -0.1) is 0 Å². The number of rotatable bonds is 4. The third kappa shape index (κ3) is 4.48. The topological polar surface area (TPSA) is 52.7 Å². The molecule has 0 aromatic heterocycles. The first-order chi connectivity index (χ1) is 12.5. The van der Waals surface area contributed by atoms with Crippen molar-refractivity contribution in [1.82, 2.24) is 10.2 Å². The minimum Gasteiger partial charge on any atom is -0.367 e. The molecule has 0 saturated carbocycles. The lowest BCUT2D eigenvalue weighted by Crippen LogP contribution is -2.51. The summed E-state index contributed by atoms with van der Waals surface area (Å²) in [4.78, 5) is 28.4. The normalized spacial score (nSPS) is 14.2. The van der Waals surface area contributed by atoms with Gasteiger partial charge in [0.15, 0.2) is 0 Å². The van der Waals surface area contributed by atoms with Crippen LogP contribution in [0.3, 0.4) is 0 Å². The van der Waals surface area contributed by atoms with Crippen molar-refractivity contribution in [2.45, 2.75) is 0 Å². The van der Waals surface area contributed by atoms with Crippen LogP contribution in [0, 0.1) is 0 Å². The molecular weight excluding hydrogens is 373 g/mol. The van der Waals surface area contributed by atoms with E-state index in [1.165, 1.54) is 0 Å². The van der Waals surface area contributed by atoms with Crippen LogP contribution >= 0.6 is 23.2 Å². The van der Waals surface area contributed by atoms with Crippen molar-refractivity contribution >= 4 is 40.7 Å². The third-order valence-electron chi connectivity index (χ3n) is 4.31. The predicted molar refractivity (Wildman–Crippen MR) is 104 cm³/mol. The van der Waals surface area contributed by atoms with Crippen molar-refractivity contribution in [2.75, 3.05) is 37.6 Å². The Balaban J connectivity index is 1.49. The maximum absolute atomic E-state index is 12.4. The number of carbonyl (C=O) groups is 2. The van der Waals surface area contributed by atoms with E-state index in [0.717, 1.165) is 5.69 Å². The van der Waals surface area contributed by atoms with E-state index in [0.29, 0.717) is 41.8 Å². The molecular formula is C19H19Cl2N3O2. The molecule has 1 fully saturated rings. The average Bonchev–Trinajstić information content (AvgIpc) is 2.66. The summed E-state index contributed by atoms with van der Waals surface area (Å²) >= 11 is 12.1. The molecule has 7 heteroatoms. The highest BCUT2D eigenvalue weighted by Gasteiger charge is 2.22. The fourth-order valence-electron chi connectivity index (χ4n) is 2.90. The van der Waals surface area contributed by atoms with Gasteiger partial charge in [0.05, 0.1) is 17.3 Å². The molecule has 2 aromatic rings. The Bertz CT molecular complexity index is 805. The Labute approximate surface area is 162 Å². The van der Waals surface area contributed by atoms with Gasteiger partial charge in [0, 0.05) is 36.8 Å². The van der Waals surface area contributed by atoms with Gasteiger partial charge in [0.1, 0.15) is 0 Å². The molecule has 2 aromatic carbocycles. The highest BCUT2D eigenvalue weighted by molar-refractivity contribution is 6.33. The zero-order valence-electron chi connectivity index (χ0n) is 14.1. The van der Waals surface area contributed by atoms with Crippen LogP contribution in [0.15, 0.2) is 48.5 Å². The minimum atomic E-state index is -0.310. The van der Waals surface area contributed by atoms with Gasteiger partial charge in [-0.05, 0) is 30.3 Å². The van der Waals surface area contributed by atoms with Crippen LogP contribution in [0.2, 0.25) is 10.0 Å². The Morgan fingerprint density at radius 2 is 1.69 bits per heavy atom. The molecule has 0 bridgehead atoms. The molecule has 2 amide bonds. The van der Waals surface area contributed by atoms with Crippen LogP contribution in [-0.2, 0) is 4.79 Å². The van der Waals surface area contributed by atoms with Gasteiger partial charge in [-0.1, -0.05) is 41.4 Å². The van der Waals surface area contributed by atoms with E-state index in [1.54, 1.807) is 29.2 Å². The maximum atomic E-state index is 12.4. The summed E-state index contributed by atoms with van der Waals surface area (Å²) in [7, 11) is 0. The Morgan fingerprint density at radius 3 is 2.38 bits per heavy atom. The molecule has 0 spiro atoms. The SMILES string of the molecule is O=C(NCC(=O)N1CCN(c2ccccc2Cl)CC1)c1cccc(Cl)c1. The van der Waals surface area contributed by atoms with E-state index in [2.05, 4.69) is 10.2 Å². The van der Waals surface area contributed by atoms with Crippen molar-refractivity contribution < 1.29 is 9.59 Å². The zero-order chi connectivity index (χ0) is 18.5. The fraction of sp³-hybridized carbons (Fsp3) is 0.263. The highest BCUT2D eigenvalue weighted by Crippen LogP contribution is 2.25. The number of anilines is 1. The predicted octanol–water partition coefficient (Wildman–Crippen LogP) is 3.07. The first-order valence-corrected chi connectivity index (χ1v) is 9.11. The van der Waals surface area contributed by atoms with E-state index < -0.39 is 0 Å². The number of piperazine rings is 1. The molecule has 0 atom stereocenters. The summed E-state index contributed by atoms with van der Waals surface area (Å²) in [6.07, 6.45) is 0. The van der Waals surface area contributed by atoms with E-state index in [9.17, 15) is 9.59 Å². The Morgan fingerprint density at radius 1 is 0.962 bits per heavy atom. The third-order valence-corrected chi connectivity index (χ3v) is 4.87. The summed E-state index contributed by atoms with van der Waals surface area (Å²) in [5.41, 5.74) is 1.42. The zero-order valence-corrected chi connectivity index (χ0v) is 15.6. The van der Waals surface area contributed by atoms with Gasteiger partial charge in [-0.25, -0.2) is 0 Å². The van der Waals surface area contributed by atoms with Crippen molar-refractivity contribution in [2.24, 2.45) is 0 Å². The highest BCUT2D eigenvalue weighted by atomic mass is 35.5. The molecule has 1 aliphatic heterocycles. The lowest BCUT2D eigenvalue weighted by Gasteiger charge is -2.36. The fourth-order valence-corrected chi connectivity index (χ4v) is 3.35. The van der Waals surface area contributed by atoms with E-state index >= 15 is 0 Å². The van der Waals surface area contributed by atoms with Crippen LogP contribution in [0.1, 0.15) is 10.4 Å². The smallest absolute Gasteiger partial charge is 0.251 e. The standard InChI is InChI=1S/C19H19Cl2N3O2/c20-15-5-3-4-14(12-15)19(26)22-13-18(25)24-10-8-23(9-11-24)17-7-2-1-6-16(17)21/h1-7,12H,8-11,13H2,(H,22,26). The second-order valence-corrected chi connectivity index (χ2v) is 6.86. The number of nitrogens with one attached hydrogen (secondary N) is 1. The molecule has 0 unspecified atom stereocenters. The first-order valence-electron chi connectivity index (χ1n) is 8.35. The van der Waals surface area contributed by atoms with Gasteiger partial charge in [-0.3, -0.25) is 9.59 Å². The van der Waals surface area contributed by atoms with Crippen LogP contribution in [-0.4, -0.2) is 49.4 Å². The largest absolute Gasteiger partial charge is 0.367 e. The minimum absolute atomic E-state index is 0.0303. The van der Waals surface area contributed by atoms with Gasteiger partial charge in [-0.2, -0.15) is 0 Å². The van der Waals surface area contributed by atoms with Gasteiger partial charge in [0.25, 0.3) is 5.91 Å². The van der Waals surface area contributed by atoms with Crippen LogP contribution in [0.5, 0.6) is 0 Å². The molecule has 3 rings (SSSR count). The van der Waals surface area contributed by atoms with Gasteiger partial charge in [0.2, 0.25) is 5.91 Å². The van der Waals surface area contributed by atoms with Crippen molar-refractivity contribution in [3.8, 4) is 0 Å². The molecule has 1 saturated heterocycles. The van der Waals surface area contributed by atoms with Crippen molar-refractivity contribution in [3.05, 3.63) is 64.1 Å². The Kier molecular flexibility index (Phi) is 6.01. The van der Waals surface area contributed by atoms with E-state index in [4.69, 9.17) is 23.2 Å². The average molecular weight is 392 g/mol. The molecule has 26 heavy (non-hydrogen) atoms.